The number of nitrogen functional groups attached to an aromatic ring is 2. The molecule has 0 heterocycles. The van der Waals surface area contributed by atoms with Crippen molar-refractivity contribution < 1.29 is 19.1 Å². The number of hydrogen-bond acceptors (Lipinski definition) is 6. The highest BCUT2D eigenvalue weighted by atomic mass is 16.5. The van der Waals surface area contributed by atoms with Gasteiger partial charge < -0.3 is 20.9 Å². The molecular weight excluding hydrogens is 404 g/mol. The van der Waals surface area contributed by atoms with Crippen molar-refractivity contribution in [2.75, 3.05) is 18.1 Å². The smallest absolute Gasteiger partial charge is 0.338 e. The third kappa shape index (κ3) is 7.01. The lowest BCUT2D eigenvalue weighted by Gasteiger charge is -2.26. The van der Waals surface area contributed by atoms with Crippen LogP contribution in [0, 0.1) is 5.92 Å². The van der Waals surface area contributed by atoms with Gasteiger partial charge >= 0.3 is 11.9 Å². The molecule has 2 aromatic rings. The van der Waals surface area contributed by atoms with Crippen LogP contribution in [0.3, 0.4) is 0 Å². The minimum Gasteiger partial charge on any atom is -0.462 e. The van der Waals surface area contributed by atoms with E-state index in [-0.39, 0.29) is 18.7 Å². The number of ether oxygens (including phenoxy) is 2. The van der Waals surface area contributed by atoms with Gasteiger partial charge in [0.1, 0.15) is 6.10 Å². The van der Waals surface area contributed by atoms with Gasteiger partial charge in [-0.1, -0.05) is 18.2 Å². The van der Waals surface area contributed by atoms with Crippen molar-refractivity contribution in [2.24, 2.45) is 5.92 Å². The van der Waals surface area contributed by atoms with E-state index in [9.17, 15) is 9.59 Å². The molecule has 0 atom stereocenters. The first-order chi connectivity index (χ1) is 15.4. The van der Waals surface area contributed by atoms with Crippen LogP contribution < -0.4 is 11.5 Å². The maximum absolute atomic E-state index is 12.4. The molecule has 0 radical (unpaired) electrons. The summed E-state index contributed by atoms with van der Waals surface area (Å²) in [5, 5.41) is 0. The predicted molar refractivity (Wildman–Crippen MR) is 127 cm³/mol. The van der Waals surface area contributed by atoms with Crippen molar-refractivity contribution in [3.63, 3.8) is 0 Å². The molecule has 0 amide bonds. The van der Waals surface area contributed by atoms with Crippen LogP contribution in [0.5, 0.6) is 0 Å². The number of anilines is 2. The van der Waals surface area contributed by atoms with Gasteiger partial charge in [0.05, 0.1) is 12.2 Å². The van der Waals surface area contributed by atoms with Gasteiger partial charge in [0.15, 0.2) is 0 Å². The predicted octanol–water partition coefficient (Wildman–Crippen LogP) is 4.55. The molecule has 3 rings (SSSR count). The van der Waals surface area contributed by atoms with Gasteiger partial charge in [-0.2, -0.15) is 0 Å². The number of esters is 2. The van der Waals surface area contributed by atoms with Crippen LogP contribution in [-0.4, -0.2) is 24.6 Å². The van der Waals surface area contributed by atoms with Crippen molar-refractivity contribution in [3.8, 4) is 0 Å². The zero-order valence-corrected chi connectivity index (χ0v) is 18.2. The average Bonchev–Trinajstić information content (AvgIpc) is 2.78. The highest BCUT2D eigenvalue weighted by Gasteiger charge is 2.22. The summed E-state index contributed by atoms with van der Waals surface area (Å²) in [4.78, 5) is 24.3. The van der Waals surface area contributed by atoms with Crippen molar-refractivity contribution in [2.45, 2.75) is 38.2 Å². The quantitative estimate of drug-likeness (QED) is 0.273. The Bertz CT molecular complexity index is 954. The molecule has 0 bridgehead atoms. The lowest BCUT2D eigenvalue weighted by Crippen LogP contribution is -2.23. The first-order valence-electron chi connectivity index (χ1n) is 10.9. The summed E-state index contributed by atoms with van der Waals surface area (Å²) in [6, 6.07) is 12.2. The number of hydrogen-bond donors (Lipinski definition) is 2. The minimum absolute atomic E-state index is 0.0307. The van der Waals surface area contributed by atoms with Crippen LogP contribution in [0.1, 0.15) is 47.2 Å². The normalized spacial score (nSPS) is 18.2. The zero-order chi connectivity index (χ0) is 22.9. The second kappa shape index (κ2) is 11.2. The van der Waals surface area contributed by atoms with Gasteiger partial charge in [0, 0.05) is 23.9 Å². The molecule has 0 aliphatic heterocycles. The Balaban J connectivity index is 1.43. The molecular formula is C26H30N2O4. The van der Waals surface area contributed by atoms with Crippen LogP contribution >= 0.6 is 0 Å². The molecule has 0 aromatic heterocycles. The number of nitrogens with two attached hydrogens (primary N) is 2. The van der Waals surface area contributed by atoms with Crippen LogP contribution in [0.15, 0.2) is 61.2 Å². The molecule has 1 fully saturated rings. The number of rotatable bonds is 8. The lowest BCUT2D eigenvalue weighted by atomic mass is 9.87. The van der Waals surface area contributed by atoms with Gasteiger partial charge in [-0.25, -0.2) is 9.59 Å². The van der Waals surface area contributed by atoms with Gasteiger partial charge in [-0.3, -0.25) is 0 Å². The third-order valence-electron chi connectivity index (χ3n) is 5.56. The number of carbonyl (C=O) groups is 2. The first-order valence-corrected chi connectivity index (χ1v) is 10.9. The molecule has 0 saturated heterocycles. The molecule has 0 spiro atoms. The SMILES string of the molecule is C=CC1CCC(OC(=O)c2ccc(C=CC(=O)OCCc3cc(N)cc(N)c3)cc2)CC1. The van der Waals surface area contributed by atoms with E-state index in [0.29, 0.717) is 29.3 Å². The minimum atomic E-state index is -0.444. The summed E-state index contributed by atoms with van der Waals surface area (Å²) in [6.45, 7) is 4.06. The molecule has 1 aliphatic carbocycles. The molecule has 32 heavy (non-hydrogen) atoms. The van der Waals surface area contributed by atoms with Crippen molar-refractivity contribution in [1.82, 2.24) is 0 Å². The largest absolute Gasteiger partial charge is 0.462 e. The van der Waals surface area contributed by atoms with Crippen molar-refractivity contribution >= 4 is 29.4 Å². The fourth-order valence-corrected chi connectivity index (χ4v) is 3.76. The summed E-state index contributed by atoms with van der Waals surface area (Å²) in [6.07, 6.45) is 9.25. The lowest BCUT2D eigenvalue weighted by molar-refractivity contribution is -0.137. The van der Waals surface area contributed by atoms with Gasteiger partial charge in [0.25, 0.3) is 0 Å². The van der Waals surface area contributed by atoms with Gasteiger partial charge in [0.2, 0.25) is 0 Å². The zero-order valence-electron chi connectivity index (χ0n) is 18.2. The maximum atomic E-state index is 12.4. The topological polar surface area (TPSA) is 105 Å². The van der Waals surface area contributed by atoms with E-state index in [1.54, 1.807) is 48.5 Å². The standard InChI is InChI=1S/C26H30N2O4/c1-2-18-5-10-24(11-6-18)32-26(30)21-8-3-19(4-9-21)7-12-25(29)31-14-13-20-15-22(27)17-23(28)16-20/h2-4,7-9,12,15-18,24H,1,5-6,10-11,13-14,27-28H2. The Labute approximate surface area is 188 Å². The van der Waals surface area contributed by atoms with Crippen LogP contribution in [0.2, 0.25) is 0 Å². The van der Waals surface area contributed by atoms with E-state index in [1.807, 2.05) is 6.08 Å². The van der Waals surface area contributed by atoms with E-state index in [4.69, 9.17) is 20.9 Å². The van der Waals surface area contributed by atoms with Crippen molar-refractivity contribution in [3.05, 3.63) is 77.9 Å². The van der Waals surface area contributed by atoms with Crippen LogP contribution in [-0.2, 0) is 20.7 Å². The molecule has 6 nitrogen and oxygen atoms in total. The summed E-state index contributed by atoms with van der Waals surface area (Å²) < 4.78 is 10.8. The van der Waals surface area contributed by atoms with E-state index in [1.165, 1.54) is 6.08 Å². The van der Waals surface area contributed by atoms with Gasteiger partial charge in [-0.05, 0) is 79.1 Å². The fraction of sp³-hybridized carbons (Fsp3) is 0.308. The molecule has 4 N–H and O–H groups in total. The van der Waals surface area contributed by atoms with E-state index in [2.05, 4.69) is 6.58 Å². The Morgan fingerprint density at radius 3 is 2.28 bits per heavy atom. The molecule has 2 aromatic carbocycles. The monoisotopic (exact) mass is 434 g/mol. The Morgan fingerprint density at radius 1 is 1.00 bits per heavy atom. The van der Waals surface area contributed by atoms with Gasteiger partial charge in [-0.15, -0.1) is 6.58 Å². The molecule has 1 aliphatic rings. The molecule has 0 unspecified atom stereocenters. The molecule has 168 valence electrons. The fourth-order valence-electron chi connectivity index (χ4n) is 3.76. The maximum Gasteiger partial charge on any atom is 0.338 e. The Kier molecular flexibility index (Phi) is 8.08. The second-order valence-electron chi connectivity index (χ2n) is 8.06. The first kappa shape index (κ1) is 23.1. The summed E-state index contributed by atoms with van der Waals surface area (Å²) in [5.74, 6) is -0.233. The number of allylic oxidation sites excluding steroid dienone is 1. The summed E-state index contributed by atoms with van der Waals surface area (Å²) in [7, 11) is 0. The number of benzene rings is 2. The Hall–Kier alpha value is -3.54. The molecule has 6 heteroatoms. The average molecular weight is 435 g/mol. The summed E-state index contributed by atoms with van der Waals surface area (Å²) in [5.41, 5.74) is 14.9. The second-order valence-corrected chi connectivity index (χ2v) is 8.06. The summed E-state index contributed by atoms with van der Waals surface area (Å²) >= 11 is 0. The molecule has 1 saturated carbocycles. The van der Waals surface area contributed by atoms with E-state index >= 15 is 0 Å². The number of carbonyl (C=O) groups excluding carboxylic acids is 2. The Morgan fingerprint density at radius 2 is 1.66 bits per heavy atom. The van der Waals surface area contributed by atoms with Crippen LogP contribution in [0.4, 0.5) is 11.4 Å². The highest BCUT2D eigenvalue weighted by molar-refractivity contribution is 5.90. The van der Waals surface area contributed by atoms with Crippen molar-refractivity contribution in [1.29, 1.82) is 0 Å². The third-order valence-corrected chi connectivity index (χ3v) is 5.56. The van der Waals surface area contributed by atoms with E-state index < -0.39 is 5.97 Å². The van der Waals surface area contributed by atoms with Crippen LogP contribution in [0.25, 0.3) is 6.08 Å². The highest BCUT2D eigenvalue weighted by Crippen LogP contribution is 2.27. The van der Waals surface area contributed by atoms with E-state index in [0.717, 1.165) is 36.8 Å².